The maximum atomic E-state index is 12.1. The minimum absolute atomic E-state index is 0. The van der Waals surface area contributed by atoms with Crippen molar-refractivity contribution >= 4 is 34.2 Å². The normalized spacial score (nSPS) is 16.3. The first-order valence-corrected chi connectivity index (χ1v) is 8.73. The second kappa shape index (κ2) is 10.2. The molecular weight excluding hydrogens is 380 g/mol. The number of ether oxygens (including phenoxy) is 1. The monoisotopic (exact) mass is 404 g/mol. The molecule has 6 heteroatoms. The predicted octanol–water partition coefficient (Wildman–Crippen LogP) is 3.84. The summed E-state index contributed by atoms with van der Waals surface area (Å²) < 4.78 is 6.13. The Kier molecular flexibility index (Phi) is 8.95. The van der Waals surface area contributed by atoms with Crippen LogP contribution in [-0.4, -0.2) is 26.1 Å². The molecule has 23 heavy (non-hydrogen) atoms. The van der Waals surface area contributed by atoms with E-state index in [2.05, 4.69) is 26.6 Å². The fourth-order valence-electron chi connectivity index (χ4n) is 2.85. The molecule has 0 aromatic heterocycles. The van der Waals surface area contributed by atoms with Crippen LogP contribution in [-0.2, 0) is 4.79 Å². The Hall–Kier alpha value is -0.780. The first-order valence-electron chi connectivity index (χ1n) is 7.93. The highest BCUT2D eigenvalue weighted by atomic mass is 79.9. The van der Waals surface area contributed by atoms with E-state index in [4.69, 9.17) is 4.74 Å². The largest absolute Gasteiger partial charge is 0.496 e. The molecule has 130 valence electrons. The highest BCUT2D eigenvalue weighted by molar-refractivity contribution is 9.10. The Morgan fingerprint density at radius 1 is 1.43 bits per heavy atom. The number of hydrogen-bond acceptors (Lipinski definition) is 3. The van der Waals surface area contributed by atoms with E-state index in [1.165, 1.54) is 12.8 Å². The molecule has 2 N–H and O–H groups in total. The van der Waals surface area contributed by atoms with Crippen molar-refractivity contribution in [3.05, 3.63) is 28.2 Å². The summed E-state index contributed by atoms with van der Waals surface area (Å²) in [4.78, 5) is 12.1. The van der Waals surface area contributed by atoms with Crippen LogP contribution in [0.15, 0.2) is 22.7 Å². The molecular formula is C17H26BrClN2O2. The lowest BCUT2D eigenvalue weighted by Crippen LogP contribution is -2.30. The van der Waals surface area contributed by atoms with E-state index in [0.29, 0.717) is 12.3 Å². The van der Waals surface area contributed by atoms with Gasteiger partial charge in [-0.25, -0.2) is 0 Å². The Morgan fingerprint density at radius 3 is 2.74 bits per heavy atom. The number of benzene rings is 1. The molecule has 4 nitrogen and oxygen atoms in total. The molecule has 1 saturated heterocycles. The summed E-state index contributed by atoms with van der Waals surface area (Å²) in [7, 11) is 1.64. The van der Waals surface area contributed by atoms with Gasteiger partial charge in [0.2, 0.25) is 5.91 Å². The topological polar surface area (TPSA) is 50.4 Å². The van der Waals surface area contributed by atoms with Gasteiger partial charge in [0.1, 0.15) is 5.75 Å². The molecule has 1 fully saturated rings. The standard InChI is InChI=1S/C17H25BrN2O2.ClH/c1-12(14-4-5-16(22-2)15(18)11-14)20-17(21)6-3-13-7-9-19-10-8-13;/h4-5,11-13,19H,3,6-10H2,1-2H3,(H,20,21);1H. The summed E-state index contributed by atoms with van der Waals surface area (Å²) in [5.41, 5.74) is 1.07. The van der Waals surface area contributed by atoms with Crippen LogP contribution in [0.4, 0.5) is 0 Å². The molecule has 0 bridgehead atoms. The molecule has 1 aliphatic rings. The number of carbonyl (C=O) groups excluding carboxylic acids is 1. The van der Waals surface area contributed by atoms with Gasteiger partial charge < -0.3 is 15.4 Å². The van der Waals surface area contributed by atoms with E-state index >= 15 is 0 Å². The van der Waals surface area contributed by atoms with E-state index in [0.717, 1.165) is 35.3 Å². The molecule has 1 heterocycles. The van der Waals surface area contributed by atoms with Crippen molar-refractivity contribution in [2.45, 2.75) is 38.6 Å². The van der Waals surface area contributed by atoms with E-state index < -0.39 is 0 Å². The lowest BCUT2D eigenvalue weighted by atomic mass is 9.93. The average molecular weight is 406 g/mol. The van der Waals surface area contributed by atoms with Crippen molar-refractivity contribution in [2.24, 2.45) is 5.92 Å². The van der Waals surface area contributed by atoms with Gasteiger partial charge in [-0.05, 0) is 78.8 Å². The molecule has 1 amide bonds. The van der Waals surface area contributed by atoms with Crippen molar-refractivity contribution in [1.29, 1.82) is 0 Å². The van der Waals surface area contributed by atoms with Crippen molar-refractivity contribution in [3.8, 4) is 5.75 Å². The zero-order valence-electron chi connectivity index (χ0n) is 13.7. The van der Waals surface area contributed by atoms with Crippen molar-refractivity contribution in [2.75, 3.05) is 20.2 Å². The number of methoxy groups -OCH3 is 1. The van der Waals surface area contributed by atoms with Gasteiger partial charge in [0.25, 0.3) is 0 Å². The highest BCUT2D eigenvalue weighted by Gasteiger charge is 2.16. The minimum Gasteiger partial charge on any atom is -0.496 e. The maximum absolute atomic E-state index is 12.1. The molecule has 1 unspecified atom stereocenters. The summed E-state index contributed by atoms with van der Waals surface area (Å²) in [5, 5.41) is 6.44. The lowest BCUT2D eigenvalue weighted by molar-refractivity contribution is -0.122. The molecule has 0 radical (unpaired) electrons. The summed E-state index contributed by atoms with van der Waals surface area (Å²) >= 11 is 3.48. The van der Waals surface area contributed by atoms with Crippen LogP contribution in [0, 0.1) is 5.92 Å². The Morgan fingerprint density at radius 2 is 2.13 bits per heavy atom. The van der Waals surface area contributed by atoms with Crippen LogP contribution >= 0.6 is 28.3 Å². The van der Waals surface area contributed by atoms with Crippen LogP contribution in [0.5, 0.6) is 5.75 Å². The third-order valence-corrected chi connectivity index (χ3v) is 4.91. The maximum Gasteiger partial charge on any atom is 0.220 e. The Bertz CT molecular complexity index is 507. The fraction of sp³-hybridized carbons (Fsp3) is 0.588. The molecule has 1 aromatic rings. The van der Waals surface area contributed by atoms with Gasteiger partial charge in [0.05, 0.1) is 17.6 Å². The molecule has 1 atom stereocenters. The van der Waals surface area contributed by atoms with Crippen LogP contribution in [0.1, 0.15) is 44.2 Å². The quantitative estimate of drug-likeness (QED) is 0.756. The minimum atomic E-state index is 0. The first kappa shape index (κ1) is 20.3. The van der Waals surface area contributed by atoms with Gasteiger partial charge in [-0.1, -0.05) is 6.07 Å². The van der Waals surface area contributed by atoms with Gasteiger partial charge in [-0.3, -0.25) is 4.79 Å². The number of piperidine rings is 1. The smallest absolute Gasteiger partial charge is 0.220 e. The van der Waals surface area contributed by atoms with E-state index in [-0.39, 0.29) is 24.4 Å². The predicted molar refractivity (Wildman–Crippen MR) is 99.3 cm³/mol. The van der Waals surface area contributed by atoms with Gasteiger partial charge >= 0.3 is 0 Å². The van der Waals surface area contributed by atoms with Crippen molar-refractivity contribution in [3.63, 3.8) is 0 Å². The third-order valence-electron chi connectivity index (χ3n) is 4.29. The summed E-state index contributed by atoms with van der Waals surface area (Å²) in [5.74, 6) is 1.63. The number of carbonyl (C=O) groups is 1. The van der Waals surface area contributed by atoms with Crippen LogP contribution in [0.2, 0.25) is 0 Å². The third kappa shape index (κ3) is 6.32. The first-order chi connectivity index (χ1) is 10.6. The van der Waals surface area contributed by atoms with Crippen LogP contribution < -0.4 is 15.4 Å². The zero-order valence-corrected chi connectivity index (χ0v) is 16.1. The molecule has 0 saturated carbocycles. The highest BCUT2D eigenvalue weighted by Crippen LogP contribution is 2.28. The van der Waals surface area contributed by atoms with Crippen molar-refractivity contribution < 1.29 is 9.53 Å². The van der Waals surface area contributed by atoms with E-state index in [1.807, 2.05) is 25.1 Å². The molecule has 1 aromatic carbocycles. The Labute approximate surface area is 153 Å². The molecule has 0 spiro atoms. The fourth-order valence-corrected chi connectivity index (χ4v) is 3.41. The van der Waals surface area contributed by atoms with Crippen LogP contribution in [0.25, 0.3) is 0 Å². The summed E-state index contributed by atoms with van der Waals surface area (Å²) in [6, 6.07) is 5.90. The molecule has 1 aliphatic heterocycles. The number of hydrogen-bond donors (Lipinski definition) is 2. The van der Waals surface area contributed by atoms with E-state index in [9.17, 15) is 4.79 Å². The number of rotatable bonds is 6. The zero-order chi connectivity index (χ0) is 15.9. The van der Waals surface area contributed by atoms with E-state index in [1.54, 1.807) is 7.11 Å². The summed E-state index contributed by atoms with van der Waals surface area (Å²) in [6.07, 6.45) is 3.99. The average Bonchev–Trinajstić information content (AvgIpc) is 2.53. The number of amides is 1. The number of nitrogens with one attached hydrogen (secondary N) is 2. The SMILES string of the molecule is COc1ccc(C(C)NC(=O)CCC2CCNCC2)cc1Br.Cl. The Balaban J connectivity index is 0.00000264. The van der Waals surface area contributed by atoms with Crippen LogP contribution in [0.3, 0.4) is 0 Å². The van der Waals surface area contributed by atoms with Crippen molar-refractivity contribution in [1.82, 2.24) is 10.6 Å². The second-order valence-electron chi connectivity index (χ2n) is 5.92. The number of halogens is 2. The lowest BCUT2D eigenvalue weighted by Gasteiger charge is -2.22. The second-order valence-corrected chi connectivity index (χ2v) is 6.77. The van der Waals surface area contributed by atoms with Gasteiger partial charge in [-0.15, -0.1) is 12.4 Å². The van der Waals surface area contributed by atoms with Gasteiger partial charge in [0, 0.05) is 6.42 Å². The summed E-state index contributed by atoms with van der Waals surface area (Å²) in [6.45, 7) is 4.18. The van der Waals surface area contributed by atoms with Gasteiger partial charge in [-0.2, -0.15) is 0 Å². The molecule has 0 aliphatic carbocycles. The molecule has 2 rings (SSSR count). The van der Waals surface area contributed by atoms with Gasteiger partial charge in [0.15, 0.2) is 0 Å².